The van der Waals surface area contributed by atoms with Gasteiger partial charge in [-0.25, -0.2) is 4.79 Å². The van der Waals surface area contributed by atoms with Crippen LogP contribution in [0.1, 0.15) is 5.56 Å². The number of para-hydroxylation sites is 1. The molecule has 4 aliphatic heterocycles. The van der Waals surface area contributed by atoms with Gasteiger partial charge in [-0.15, -0.1) is 0 Å². The van der Waals surface area contributed by atoms with Crippen LogP contribution >= 0.6 is 0 Å². The van der Waals surface area contributed by atoms with Crippen molar-refractivity contribution >= 4 is 17.6 Å². The number of hydrogen-bond donors (Lipinski definition) is 1. The van der Waals surface area contributed by atoms with Gasteiger partial charge in [0.15, 0.2) is 0 Å². The van der Waals surface area contributed by atoms with Gasteiger partial charge in [0.2, 0.25) is 5.91 Å². The first kappa shape index (κ1) is 15.0. The molecule has 6 nitrogen and oxygen atoms in total. The van der Waals surface area contributed by atoms with Crippen molar-refractivity contribution in [2.45, 2.75) is 18.6 Å². The molecule has 2 bridgehead atoms. The summed E-state index contributed by atoms with van der Waals surface area (Å²) in [5, 5.41) is 2.81. The molecule has 2 saturated heterocycles. The van der Waals surface area contributed by atoms with E-state index >= 15 is 0 Å². The molecule has 25 heavy (non-hydrogen) atoms. The van der Waals surface area contributed by atoms with E-state index < -0.39 is 0 Å². The molecule has 0 radical (unpaired) electrons. The maximum Gasteiger partial charge on any atom is 0.317 e. The van der Waals surface area contributed by atoms with Gasteiger partial charge in [0, 0.05) is 37.2 Å². The predicted octanol–water partition coefficient (Wildman–Crippen LogP) is 1.17. The molecule has 0 aromatic heterocycles. The van der Waals surface area contributed by atoms with E-state index in [0.29, 0.717) is 31.5 Å². The lowest BCUT2D eigenvalue weighted by atomic mass is 9.86. The van der Waals surface area contributed by atoms with Crippen LogP contribution in [0.3, 0.4) is 0 Å². The highest BCUT2D eigenvalue weighted by molar-refractivity contribution is 5.98. The summed E-state index contributed by atoms with van der Waals surface area (Å²) < 4.78 is 5.84. The number of nitrogens with one attached hydrogen (secondary N) is 1. The van der Waals surface area contributed by atoms with Crippen LogP contribution in [-0.2, 0) is 16.0 Å². The van der Waals surface area contributed by atoms with Crippen molar-refractivity contribution in [3.05, 3.63) is 42.0 Å². The van der Waals surface area contributed by atoms with Crippen LogP contribution in [0.2, 0.25) is 0 Å². The summed E-state index contributed by atoms with van der Waals surface area (Å²) in [6, 6.07) is 7.80. The Morgan fingerprint density at radius 2 is 1.84 bits per heavy atom. The Hall–Kier alpha value is -2.34. The van der Waals surface area contributed by atoms with E-state index in [4.69, 9.17) is 4.74 Å². The summed E-state index contributed by atoms with van der Waals surface area (Å²) in [6.45, 7) is 2.15. The van der Waals surface area contributed by atoms with Gasteiger partial charge in [-0.2, -0.15) is 0 Å². The Bertz CT molecular complexity index is 742. The number of carbonyl (C=O) groups excluding carboxylic acids is 2. The number of hydrogen-bond acceptors (Lipinski definition) is 3. The summed E-state index contributed by atoms with van der Waals surface area (Å²) in [5.41, 5.74) is 2.16. The molecule has 1 N–H and O–H groups in total. The average Bonchev–Trinajstić information content (AvgIpc) is 3.39. The summed E-state index contributed by atoms with van der Waals surface area (Å²) in [4.78, 5) is 28.6. The van der Waals surface area contributed by atoms with Crippen molar-refractivity contribution in [3.8, 4) is 0 Å². The Labute approximate surface area is 146 Å². The highest BCUT2D eigenvalue weighted by Crippen LogP contribution is 2.43. The molecule has 1 aromatic rings. The number of rotatable bonds is 2. The molecule has 6 heteroatoms. The summed E-state index contributed by atoms with van der Waals surface area (Å²) in [7, 11) is 0. The molecule has 2 fully saturated rings. The van der Waals surface area contributed by atoms with Crippen molar-refractivity contribution < 1.29 is 14.3 Å². The number of amides is 3. The molecule has 4 atom stereocenters. The standard InChI is InChI=1S/C19H21N3O3/c23-18(22-8-7-12-3-1-2-4-15(12)22)9-20-19(24)21-10-13-14(11-21)17-6-5-16(13)25-17/h1-6,13-14,16-17H,7-11H2,(H,20,24). The average molecular weight is 339 g/mol. The van der Waals surface area contributed by atoms with Gasteiger partial charge >= 0.3 is 6.03 Å². The molecular formula is C19H21N3O3. The molecule has 1 aromatic carbocycles. The lowest BCUT2D eigenvalue weighted by Crippen LogP contribution is -2.45. The Morgan fingerprint density at radius 3 is 2.60 bits per heavy atom. The second-order valence-corrected chi connectivity index (χ2v) is 7.27. The zero-order chi connectivity index (χ0) is 17.0. The van der Waals surface area contributed by atoms with Crippen LogP contribution < -0.4 is 10.2 Å². The number of nitrogens with zero attached hydrogens (tertiary/aromatic N) is 2. The van der Waals surface area contributed by atoms with Crippen LogP contribution in [0.4, 0.5) is 10.5 Å². The van der Waals surface area contributed by atoms with Crippen LogP contribution in [0.25, 0.3) is 0 Å². The van der Waals surface area contributed by atoms with E-state index in [1.165, 1.54) is 5.56 Å². The monoisotopic (exact) mass is 339 g/mol. The third-order valence-corrected chi connectivity index (χ3v) is 5.93. The molecule has 0 aliphatic carbocycles. The molecule has 0 saturated carbocycles. The first-order valence-corrected chi connectivity index (χ1v) is 8.95. The lowest BCUT2D eigenvalue weighted by molar-refractivity contribution is -0.117. The van der Waals surface area contributed by atoms with E-state index in [0.717, 1.165) is 12.1 Å². The second-order valence-electron chi connectivity index (χ2n) is 7.27. The van der Waals surface area contributed by atoms with Crippen LogP contribution in [0.5, 0.6) is 0 Å². The normalized spacial score (nSPS) is 31.4. The molecule has 4 heterocycles. The zero-order valence-corrected chi connectivity index (χ0v) is 13.9. The van der Waals surface area contributed by atoms with Crippen LogP contribution in [0, 0.1) is 11.8 Å². The van der Waals surface area contributed by atoms with Gasteiger partial charge in [0.05, 0.1) is 18.8 Å². The van der Waals surface area contributed by atoms with Crippen LogP contribution in [0.15, 0.2) is 36.4 Å². The minimum atomic E-state index is -0.144. The number of urea groups is 1. The van der Waals surface area contributed by atoms with E-state index in [1.54, 1.807) is 4.90 Å². The molecular weight excluding hydrogens is 318 g/mol. The fraction of sp³-hybridized carbons (Fsp3) is 0.474. The zero-order valence-electron chi connectivity index (χ0n) is 13.9. The lowest BCUT2D eigenvalue weighted by Gasteiger charge is -2.21. The van der Waals surface area contributed by atoms with Crippen molar-refractivity contribution in [1.82, 2.24) is 10.2 Å². The number of likely N-dealkylation sites (tertiary alicyclic amines) is 1. The summed E-state index contributed by atoms with van der Waals surface area (Å²) in [5.74, 6) is 0.756. The third kappa shape index (κ3) is 2.35. The van der Waals surface area contributed by atoms with Gasteiger partial charge < -0.3 is 19.9 Å². The van der Waals surface area contributed by atoms with Crippen molar-refractivity contribution in [3.63, 3.8) is 0 Å². The fourth-order valence-electron chi connectivity index (χ4n) is 4.65. The van der Waals surface area contributed by atoms with Crippen molar-refractivity contribution in [2.75, 3.05) is 31.1 Å². The summed E-state index contributed by atoms with van der Waals surface area (Å²) in [6.07, 6.45) is 5.43. The van der Waals surface area contributed by atoms with Gasteiger partial charge in [-0.1, -0.05) is 30.4 Å². The van der Waals surface area contributed by atoms with Gasteiger partial charge in [-0.05, 0) is 18.1 Å². The number of fused-ring (bicyclic) bond motifs is 6. The highest BCUT2D eigenvalue weighted by Gasteiger charge is 2.51. The minimum Gasteiger partial charge on any atom is -0.366 e. The fourth-order valence-corrected chi connectivity index (χ4v) is 4.65. The molecule has 3 amide bonds. The predicted molar refractivity (Wildman–Crippen MR) is 92.3 cm³/mol. The third-order valence-electron chi connectivity index (χ3n) is 5.93. The van der Waals surface area contributed by atoms with Crippen molar-refractivity contribution in [1.29, 1.82) is 0 Å². The number of carbonyl (C=O) groups is 2. The van der Waals surface area contributed by atoms with Gasteiger partial charge in [0.1, 0.15) is 0 Å². The Kier molecular flexibility index (Phi) is 3.35. The summed E-state index contributed by atoms with van der Waals surface area (Å²) >= 11 is 0. The van der Waals surface area contributed by atoms with E-state index in [-0.39, 0.29) is 30.7 Å². The van der Waals surface area contributed by atoms with E-state index in [1.807, 2.05) is 23.1 Å². The van der Waals surface area contributed by atoms with Crippen molar-refractivity contribution in [2.24, 2.45) is 11.8 Å². The minimum absolute atomic E-state index is 0.0423. The molecule has 5 rings (SSSR count). The molecule has 4 aliphatic rings. The van der Waals surface area contributed by atoms with Crippen LogP contribution in [-0.4, -0.2) is 55.2 Å². The van der Waals surface area contributed by atoms with E-state index in [2.05, 4.69) is 23.5 Å². The number of benzene rings is 1. The number of anilines is 1. The Morgan fingerprint density at radius 1 is 1.12 bits per heavy atom. The molecule has 130 valence electrons. The maximum atomic E-state index is 12.5. The maximum absolute atomic E-state index is 12.5. The topological polar surface area (TPSA) is 61.9 Å². The van der Waals surface area contributed by atoms with E-state index in [9.17, 15) is 9.59 Å². The highest BCUT2D eigenvalue weighted by atomic mass is 16.5. The number of ether oxygens (including phenoxy) is 1. The largest absolute Gasteiger partial charge is 0.366 e. The second kappa shape index (κ2) is 5.59. The smallest absolute Gasteiger partial charge is 0.317 e. The molecule has 0 spiro atoms. The molecule has 4 unspecified atom stereocenters. The van der Waals surface area contributed by atoms with Gasteiger partial charge in [0.25, 0.3) is 0 Å². The first-order valence-electron chi connectivity index (χ1n) is 8.95. The van der Waals surface area contributed by atoms with Gasteiger partial charge in [-0.3, -0.25) is 4.79 Å². The first-order chi connectivity index (χ1) is 12.2. The SMILES string of the molecule is O=C(NCC(=O)N1CCc2ccccc21)N1CC2C3C=CC(O3)C2C1. The Balaban J connectivity index is 1.17. The quantitative estimate of drug-likeness (QED) is 0.823.